The lowest BCUT2D eigenvalue weighted by atomic mass is 10.0. The zero-order valence-corrected chi connectivity index (χ0v) is 11.9. The molecule has 1 amide bonds. The number of piperidine rings is 1. The highest BCUT2D eigenvalue weighted by molar-refractivity contribution is 9.10. The van der Waals surface area contributed by atoms with E-state index in [1.165, 1.54) is 4.90 Å². The Kier molecular flexibility index (Phi) is 4.09. The summed E-state index contributed by atoms with van der Waals surface area (Å²) in [4.78, 5) is 25.0. The molecule has 1 aromatic carbocycles. The number of rotatable bonds is 2. The summed E-state index contributed by atoms with van der Waals surface area (Å²) in [7, 11) is 0. The summed E-state index contributed by atoms with van der Waals surface area (Å²) >= 11 is 3.27. The van der Waals surface area contributed by atoms with Gasteiger partial charge in [-0.3, -0.25) is 4.79 Å². The molecule has 1 saturated heterocycles. The van der Waals surface area contributed by atoms with Crippen molar-refractivity contribution < 1.29 is 14.7 Å². The Morgan fingerprint density at radius 3 is 2.74 bits per heavy atom. The van der Waals surface area contributed by atoms with Gasteiger partial charge in [-0.25, -0.2) is 4.79 Å². The fourth-order valence-corrected chi connectivity index (χ4v) is 2.52. The van der Waals surface area contributed by atoms with Crippen molar-refractivity contribution in [1.82, 2.24) is 4.90 Å². The number of carbonyl (C=O) groups excluding carboxylic acids is 1. The lowest BCUT2D eigenvalue weighted by Crippen LogP contribution is -2.48. The molecule has 1 aromatic rings. The number of carboxylic acid groups (broad SMARTS) is 1. The van der Waals surface area contributed by atoms with Crippen LogP contribution in [0.4, 0.5) is 5.69 Å². The molecule has 1 fully saturated rings. The predicted octanol–water partition coefficient (Wildman–Crippen LogP) is 2.11. The van der Waals surface area contributed by atoms with E-state index in [9.17, 15) is 14.7 Å². The summed E-state index contributed by atoms with van der Waals surface area (Å²) in [5, 5.41) is 9.18. The van der Waals surface area contributed by atoms with Crippen LogP contribution in [0.25, 0.3) is 0 Å². The van der Waals surface area contributed by atoms with E-state index in [0.717, 1.165) is 17.3 Å². The standard InChI is InChI=1S/C13H15BrN2O3/c14-9-5-4-8(7-10(9)15)12(17)16-6-2-1-3-11(16)13(18)19/h4-5,7,11H,1-3,6,15H2,(H,18,19)/t11-/m0/s1. The minimum absolute atomic E-state index is 0.272. The number of nitrogens with zero attached hydrogens (tertiary/aromatic N) is 1. The minimum Gasteiger partial charge on any atom is -0.480 e. The molecule has 1 heterocycles. The number of aliphatic carboxylic acids is 1. The second-order valence-electron chi connectivity index (χ2n) is 4.58. The van der Waals surface area contributed by atoms with E-state index in [4.69, 9.17) is 5.73 Å². The predicted molar refractivity (Wildman–Crippen MR) is 74.9 cm³/mol. The maximum absolute atomic E-state index is 12.4. The Balaban J connectivity index is 2.26. The van der Waals surface area contributed by atoms with Gasteiger partial charge >= 0.3 is 5.97 Å². The first-order valence-electron chi connectivity index (χ1n) is 6.09. The van der Waals surface area contributed by atoms with Crippen molar-refractivity contribution in [2.45, 2.75) is 25.3 Å². The van der Waals surface area contributed by atoms with Crippen molar-refractivity contribution in [3.05, 3.63) is 28.2 Å². The third-order valence-corrected chi connectivity index (χ3v) is 4.01. The Morgan fingerprint density at radius 1 is 1.37 bits per heavy atom. The van der Waals surface area contributed by atoms with E-state index in [0.29, 0.717) is 24.2 Å². The van der Waals surface area contributed by atoms with Crippen LogP contribution in [0.3, 0.4) is 0 Å². The second-order valence-corrected chi connectivity index (χ2v) is 5.44. The van der Waals surface area contributed by atoms with Gasteiger partial charge in [0.05, 0.1) is 0 Å². The molecule has 0 aliphatic carbocycles. The maximum atomic E-state index is 12.4. The molecule has 102 valence electrons. The molecular weight excluding hydrogens is 312 g/mol. The number of hydrogen-bond acceptors (Lipinski definition) is 3. The number of amides is 1. The zero-order chi connectivity index (χ0) is 14.0. The van der Waals surface area contributed by atoms with Gasteiger partial charge in [-0.05, 0) is 53.4 Å². The van der Waals surface area contributed by atoms with Crippen LogP contribution in [0.15, 0.2) is 22.7 Å². The Labute approximate surface area is 119 Å². The molecule has 6 heteroatoms. The van der Waals surface area contributed by atoms with Gasteiger partial charge in [0, 0.05) is 22.3 Å². The van der Waals surface area contributed by atoms with Gasteiger partial charge < -0.3 is 15.7 Å². The Hall–Kier alpha value is -1.56. The molecule has 0 spiro atoms. The van der Waals surface area contributed by atoms with E-state index in [-0.39, 0.29) is 5.91 Å². The number of hydrogen-bond donors (Lipinski definition) is 2. The van der Waals surface area contributed by atoms with Gasteiger partial charge in [-0.1, -0.05) is 0 Å². The van der Waals surface area contributed by atoms with Crippen LogP contribution in [0.1, 0.15) is 29.6 Å². The summed E-state index contributed by atoms with van der Waals surface area (Å²) in [6, 6.07) is 4.18. The fraction of sp³-hybridized carbons (Fsp3) is 0.385. The number of carbonyl (C=O) groups is 2. The number of halogens is 1. The van der Waals surface area contributed by atoms with Crippen LogP contribution in [-0.4, -0.2) is 34.5 Å². The summed E-state index contributed by atoms with van der Waals surface area (Å²) in [6.07, 6.45) is 2.18. The van der Waals surface area contributed by atoms with Crippen molar-refractivity contribution >= 4 is 33.5 Å². The van der Waals surface area contributed by atoms with E-state index in [1.807, 2.05) is 0 Å². The summed E-state index contributed by atoms with van der Waals surface area (Å²) in [5.74, 6) is -1.22. The largest absolute Gasteiger partial charge is 0.480 e. The second kappa shape index (κ2) is 5.61. The van der Waals surface area contributed by atoms with Crippen molar-refractivity contribution in [2.24, 2.45) is 0 Å². The monoisotopic (exact) mass is 326 g/mol. The van der Waals surface area contributed by atoms with Gasteiger partial charge in [0.15, 0.2) is 0 Å². The van der Waals surface area contributed by atoms with Crippen LogP contribution in [0.2, 0.25) is 0 Å². The van der Waals surface area contributed by atoms with Crippen molar-refractivity contribution in [3.8, 4) is 0 Å². The molecule has 0 aromatic heterocycles. The lowest BCUT2D eigenvalue weighted by molar-refractivity contribution is -0.143. The Bertz CT molecular complexity index is 519. The third kappa shape index (κ3) is 2.89. The Morgan fingerprint density at radius 2 is 2.11 bits per heavy atom. The number of nitrogens with two attached hydrogens (primary N) is 1. The van der Waals surface area contributed by atoms with Gasteiger partial charge in [0.25, 0.3) is 5.91 Å². The molecule has 0 radical (unpaired) electrons. The number of carboxylic acids is 1. The van der Waals surface area contributed by atoms with Crippen molar-refractivity contribution in [2.75, 3.05) is 12.3 Å². The van der Waals surface area contributed by atoms with Crippen LogP contribution < -0.4 is 5.73 Å². The molecule has 2 rings (SSSR count). The molecule has 0 bridgehead atoms. The van der Waals surface area contributed by atoms with Crippen molar-refractivity contribution in [3.63, 3.8) is 0 Å². The molecule has 1 aliphatic heterocycles. The molecule has 1 atom stereocenters. The summed E-state index contributed by atoms with van der Waals surface area (Å²) < 4.78 is 0.720. The van der Waals surface area contributed by atoms with Crippen molar-refractivity contribution in [1.29, 1.82) is 0 Å². The third-order valence-electron chi connectivity index (χ3n) is 3.29. The minimum atomic E-state index is -0.946. The topological polar surface area (TPSA) is 83.6 Å². The fourth-order valence-electron chi connectivity index (χ4n) is 2.27. The molecule has 5 nitrogen and oxygen atoms in total. The summed E-state index contributed by atoms with van der Waals surface area (Å²) in [6.45, 7) is 0.478. The summed E-state index contributed by atoms with van der Waals surface area (Å²) in [5.41, 5.74) is 6.64. The average molecular weight is 327 g/mol. The smallest absolute Gasteiger partial charge is 0.326 e. The molecule has 19 heavy (non-hydrogen) atoms. The molecule has 3 N–H and O–H groups in total. The number of benzene rings is 1. The average Bonchev–Trinajstić information content (AvgIpc) is 2.41. The first kappa shape index (κ1) is 13.9. The van der Waals surface area contributed by atoms with Gasteiger partial charge in [-0.2, -0.15) is 0 Å². The maximum Gasteiger partial charge on any atom is 0.326 e. The van der Waals surface area contributed by atoms with Crippen LogP contribution in [0.5, 0.6) is 0 Å². The van der Waals surface area contributed by atoms with Crippen LogP contribution >= 0.6 is 15.9 Å². The van der Waals surface area contributed by atoms with E-state index in [2.05, 4.69) is 15.9 Å². The van der Waals surface area contributed by atoms with Crippen LogP contribution in [-0.2, 0) is 4.79 Å². The first-order chi connectivity index (χ1) is 9.00. The molecular formula is C13H15BrN2O3. The molecule has 1 aliphatic rings. The lowest BCUT2D eigenvalue weighted by Gasteiger charge is -2.33. The quantitative estimate of drug-likeness (QED) is 0.815. The number of likely N-dealkylation sites (tertiary alicyclic amines) is 1. The molecule has 0 saturated carbocycles. The zero-order valence-electron chi connectivity index (χ0n) is 10.3. The number of nitrogen functional groups attached to an aromatic ring is 1. The highest BCUT2D eigenvalue weighted by Crippen LogP contribution is 2.24. The SMILES string of the molecule is Nc1cc(C(=O)N2CCCC[C@H]2C(=O)O)ccc1Br. The highest BCUT2D eigenvalue weighted by Gasteiger charge is 2.32. The van der Waals surface area contributed by atoms with E-state index >= 15 is 0 Å². The van der Waals surface area contributed by atoms with E-state index in [1.54, 1.807) is 18.2 Å². The van der Waals surface area contributed by atoms with Gasteiger partial charge in [-0.15, -0.1) is 0 Å². The van der Waals surface area contributed by atoms with Crippen LogP contribution in [0, 0.1) is 0 Å². The highest BCUT2D eigenvalue weighted by atomic mass is 79.9. The normalized spacial score (nSPS) is 19.2. The van der Waals surface area contributed by atoms with Gasteiger partial charge in [0.1, 0.15) is 6.04 Å². The number of anilines is 1. The van der Waals surface area contributed by atoms with Gasteiger partial charge in [0.2, 0.25) is 0 Å². The first-order valence-corrected chi connectivity index (χ1v) is 6.89. The van der Waals surface area contributed by atoms with E-state index < -0.39 is 12.0 Å². The molecule has 0 unspecified atom stereocenters.